The maximum atomic E-state index is 13.0. The third-order valence-electron chi connectivity index (χ3n) is 6.42. The fourth-order valence-electron chi connectivity index (χ4n) is 4.34. The number of hydrogen-bond donors (Lipinski definition) is 1. The SMILES string of the molecule is CNN=C1CCN(C(=O)C(C)(C)Oc2ccc(C(=O)c3ccc(Cl)cc3)cc2)CC1.O=Cc1nc2ccccc2s1. The lowest BCUT2D eigenvalue weighted by Crippen LogP contribution is -2.51. The number of rotatable bonds is 7. The van der Waals surface area contributed by atoms with Crippen molar-refractivity contribution in [3.8, 4) is 5.75 Å². The van der Waals surface area contributed by atoms with E-state index in [1.807, 2.05) is 29.2 Å². The molecule has 0 atom stereocenters. The van der Waals surface area contributed by atoms with E-state index in [0.29, 0.717) is 40.0 Å². The molecule has 212 valence electrons. The summed E-state index contributed by atoms with van der Waals surface area (Å²) in [7, 11) is 1.77. The van der Waals surface area contributed by atoms with Crippen LogP contribution in [-0.2, 0) is 4.79 Å². The summed E-state index contributed by atoms with van der Waals surface area (Å²) in [6.07, 6.45) is 2.29. The molecule has 10 heteroatoms. The van der Waals surface area contributed by atoms with E-state index in [-0.39, 0.29) is 11.7 Å². The van der Waals surface area contributed by atoms with Gasteiger partial charge in [0.1, 0.15) is 5.75 Å². The van der Waals surface area contributed by atoms with Gasteiger partial charge in [-0.15, -0.1) is 11.3 Å². The van der Waals surface area contributed by atoms with E-state index in [0.717, 1.165) is 35.1 Å². The Morgan fingerprint density at radius 1 is 1.00 bits per heavy atom. The van der Waals surface area contributed by atoms with Crippen LogP contribution in [0.15, 0.2) is 77.9 Å². The van der Waals surface area contributed by atoms with Crippen molar-refractivity contribution >= 4 is 56.8 Å². The maximum absolute atomic E-state index is 13.0. The molecule has 0 saturated carbocycles. The molecule has 0 unspecified atom stereocenters. The average molecular weight is 591 g/mol. The number of para-hydroxylation sites is 1. The first kappa shape index (κ1) is 29.9. The largest absolute Gasteiger partial charge is 0.478 e. The maximum Gasteiger partial charge on any atom is 0.266 e. The second kappa shape index (κ2) is 13.5. The van der Waals surface area contributed by atoms with E-state index in [9.17, 15) is 14.4 Å². The van der Waals surface area contributed by atoms with Crippen LogP contribution in [0.3, 0.4) is 0 Å². The third-order valence-corrected chi connectivity index (χ3v) is 7.63. The number of thiazole rings is 1. The van der Waals surface area contributed by atoms with Crippen LogP contribution in [0, 0.1) is 0 Å². The zero-order valence-electron chi connectivity index (χ0n) is 23.1. The van der Waals surface area contributed by atoms with Crippen LogP contribution in [-0.4, -0.2) is 59.3 Å². The molecule has 0 spiro atoms. The van der Waals surface area contributed by atoms with Gasteiger partial charge in [0, 0.05) is 54.8 Å². The van der Waals surface area contributed by atoms with Crippen LogP contribution in [0.4, 0.5) is 0 Å². The van der Waals surface area contributed by atoms with Crippen molar-refractivity contribution in [3.63, 3.8) is 0 Å². The van der Waals surface area contributed by atoms with Gasteiger partial charge in [-0.3, -0.25) is 14.4 Å². The topological polar surface area (TPSA) is 101 Å². The number of hydrogen-bond acceptors (Lipinski definition) is 8. The van der Waals surface area contributed by atoms with Crippen LogP contribution in [0.25, 0.3) is 10.2 Å². The lowest BCUT2D eigenvalue weighted by atomic mass is 10.0. The van der Waals surface area contributed by atoms with Crippen molar-refractivity contribution < 1.29 is 19.1 Å². The monoisotopic (exact) mass is 590 g/mol. The number of halogens is 1. The number of ketones is 1. The Morgan fingerprint density at radius 3 is 2.20 bits per heavy atom. The van der Waals surface area contributed by atoms with Crippen molar-refractivity contribution in [1.82, 2.24) is 15.3 Å². The minimum Gasteiger partial charge on any atom is -0.478 e. The van der Waals surface area contributed by atoms with Crippen LogP contribution in [0.5, 0.6) is 5.75 Å². The second-order valence-corrected chi connectivity index (χ2v) is 11.3. The highest BCUT2D eigenvalue weighted by atomic mass is 35.5. The highest BCUT2D eigenvalue weighted by molar-refractivity contribution is 7.20. The zero-order valence-corrected chi connectivity index (χ0v) is 24.7. The average Bonchev–Trinajstić information content (AvgIpc) is 3.42. The van der Waals surface area contributed by atoms with Crippen molar-refractivity contribution in [2.24, 2.45) is 5.10 Å². The molecule has 0 aliphatic carbocycles. The summed E-state index contributed by atoms with van der Waals surface area (Å²) in [4.78, 5) is 41.8. The molecule has 0 radical (unpaired) electrons. The lowest BCUT2D eigenvalue weighted by Gasteiger charge is -2.34. The van der Waals surface area contributed by atoms with Gasteiger partial charge in [0.05, 0.1) is 10.2 Å². The molecular formula is C31H31ClN4O4S. The first-order valence-corrected chi connectivity index (χ1v) is 14.3. The molecule has 41 heavy (non-hydrogen) atoms. The molecule has 0 bridgehead atoms. The number of fused-ring (bicyclic) bond motifs is 1. The lowest BCUT2D eigenvalue weighted by molar-refractivity contribution is -0.145. The summed E-state index contributed by atoms with van der Waals surface area (Å²) in [5.74, 6) is 0.378. The molecule has 4 aromatic rings. The van der Waals surface area contributed by atoms with E-state index in [1.54, 1.807) is 69.4 Å². The number of benzene rings is 3. The fourth-order valence-corrected chi connectivity index (χ4v) is 5.25. The number of likely N-dealkylation sites (tertiary alicyclic amines) is 1. The van der Waals surface area contributed by atoms with E-state index in [2.05, 4.69) is 15.5 Å². The first-order chi connectivity index (χ1) is 19.7. The van der Waals surface area contributed by atoms with Gasteiger partial charge in [-0.25, -0.2) is 4.98 Å². The Morgan fingerprint density at radius 2 is 1.61 bits per heavy atom. The Balaban J connectivity index is 0.000000291. The number of aromatic nitrogens is 1. The quantitative estimate of drug-likeness (QED) is 0.160. The van der Waals surface area contributed by atoms with E-state index in [1.165, 1.54) is 11.3 Å². The van der Waals surface area contributed by atoms with Crippen molar-refractivity contribution in [2.45, 2.75) is 32.3 Å². The van der Waals surface area contributed by atoms with Crippen molar-refractivity contribution in [3.05, 3.63) is 94.0 Å². The molecule has 1 aliphatic rings. The van der Waals surface area contributed by atoms with Crippen LogP contribution in [0.2, 0.25) is 5.02 Å². The fraction of sp³-hybridized carbons (Fsp3) is 0.258. The highest BCUT2D eigenvalue weighted by Crippen LogP contribution is 2.24. The smallest absolute Gasteiger partial charge is 0.266 e. The van der Waals surface area contributed by atoms with E-state index >= 15 is 0 Å². The number of nitrogens with one attached hydrogen (secondary N) is 1. The number of carbonyl (C=O) groups is 3. The number of aldehydes is 1. The van der Waals surface area contributed by atoms with Crippen molar-refractivity contribution in [2.75, 3.05) is 20.1 Å². The summed E-state index contributed by atoms with van der Waals surface area (Å²) in [5, 5.41) is 5.35. The normalized spacial score (nSPS) is 13.2. The number of piperidine rings is 1. The molecule has 3 aromatic carbocycles. The van der Waals surface area contributed by atoms with E-state index in [4.69, 9.17) is 16.3 Å². The number of carbonyl (C=O) groups excluding carboxylic acids is 3. The summed E-state index contributed by atoms with van der Waals surface area (Å²) >= 11 is 7.30. The third kappa shape index (κ3) is 7.77. The van der Waals surface area contributed by atoms with Crippen LogP contribution in [0.1, 0.15) is 52.4 Å². The minimum absolute atomic E-state index is 0.0627. The Kier molecular flexibility index (Phi) is 9.86. The number of amides is 1. The number of nitrogens with zero attached hydrogens (tertiary/aromatic N) is 3. The predicted molar refractivity (Wildman–Crippen MR) is 163 cm³/mol. The molecule has 2 heterocycles. The number of hydrazone groups is 1. The molecule has 5 rings (SSSR count). The van der Waals surface area contributed by atoms with Crippen molar-refractivity contribution in [1.29, 1.82) is 0 Å². The zero-order chi connectivity index (χ0) is 29.4. The van der Waals surface area contributed by atoms with Gasteiger partial charge < -0.3 is 15.1 Å². The molecule has 8 nitrogen and oxygen atoms in total. The molecular weight excluding hydrogens is 560 g/mol. The molecule has 1 fully saturated rings. The molecule has 1 aliphatic heterocycles. The van der Waals surface area contributed by atoms with E-state index < -0.39 is 5.60 Å². The number of ether oxygens (including phenoxy) is 1. The summed E-state index contributed by atoms with van der Waals surface area (Å²) in [6, 6.07) is 21.3. The van der Waals surface area contributed by atoms with Gasteiger partial charge >= 0.3 is 0 Å². The molecule has 1 aromatic heterocycles. The summed E-state index contributed by atoms with van der Waals surface area (Å²) < 4.78 is 7.05. The Hall–Kier alpha value is -4.08. The molecule has 1 saturated heterocycles. The first-order valence-electron chi connectivity index (χ1n) is 13.1. The van der Waals surface area contributed by atoms with Gasteiger partial charge in [-0.05, 0) is 74.5 Å². The van der Waals surface area contributed by atoms with Gasteiger partial charge in [0.2, 0.25) is 0 Å². The van der Waals surface area contributed by atoms with Gasteiger partial charge in [0.15, 0.2) is 22.7 Å². The van der Waals surface area contributed by atoms with Gasteiger partial charge in [-0.2, -0.15) is 5.10 Å². The van der Waals surface area contributed by atoms with Gasteiger partial charge in [0.25, 0.3) is 5.91 Å². The summed E-state index contributed by atoms with van der Waals surface area (Å²) in [5.41, 5.74) is 4.87. The predicted octanol–water partition coefficient (Wildman–Crippen LogP) is 6.04. The standard InChI is InChI=1S/C23H26ClN3O3.C8H5NOS/c1-23(2,22(29)27-14-12-19(13-15-27)26-25-3)30-20-10-6-17(7-11-20)21(28)16-4-8-18(24)9-5-16;10-5-8-9-6-3-1-2-4-7(6)11-8/h4-11,25H,12-15H2,1-3H3;1-5H. The molecule has 1 N–H and O–H groups in total. The highest BCUT2D eigenvalue weighted by Gasteiger charge is 2.35. The summed E-state index contributed by atoms with van der Waals surface area (Å²) in [6.45, 7) is 4.78. The Bertz CT molecular complexity index is 1510. The second-order valence-electron chi connectivity index (χ2n) is 9.80. The minimum atomic E-state index is -1.01. The van der Waals surface area contributed by atoms with Crippen LogP contribution < -0.4 is 10.2 Å². The molecule has 1 amide bonds. The van der Waals surface area contributed by atoms with Crippen LogP contribution >= 0.6 is 22.9 Å². The Labute approximate surface area is 248 Å². The van der Waals surface area contributed by atoms with Gasteiger partial charge in [-0.1, -0.05) is 23.7 Å².